The number of thiazole rings is 1. The Morgan fingerprint density at radius 2 is 2.33 bits per heavy atom. The SMILES string of the molecule is COCC(C)NC(=O)Cc1csc(-c2cccc(Br)c2)n1. The van der Waals surface area contributed by atoms with Gasteiger partial charge >= 0.3 is 0 Å². The van der Waals surface area contributed by atoms with E-state index in [1.54, 1.807) is 18.4 Å². The average Bonchev–Trinajstić information content (AvgIpc) is 2.87. The number of rotatable bonds is 6. The summed E-state index contributed by atoms with van der Waals surface area (Å²) in [6.07, 6.45) is 0.290. The molecule has 0 aliphatic heterocycles. The van der Waals surface area contributed by atoms with E-state index >= 15 is 0 Å². The van der Waals surface area contributed by atoms with Crippen molar-refractivity contribution in [2.75, 3.05) is 13.7 Å². The van der Waals surface area contributed by atoms with Gasteiger partial charge in [-0.25, -0.2) is 4.98 Å². The summed E-state index contributed by atoms with van der Waals surface area (Å²) < 4.78 is 6.01. The Labute approximate surface area is 136 Å². The smallest absolute Gasteiger partial charge is 0.226 e. The number of carbonyl (C=O) groups excluding carboxylic acids is 1. The van der Waals surface area contributed by atoms with E-state index in [-0.39, 0.29) is 11.9 Å². The molecule has 6 heteroatoms. The third-order valence-corrected chi connectivity index (χ3v) is 4.22. The molecular formula is C15H17BrN2O2S. The van der Waals surface area contributed by atoms with Crippen molar-refractivity contribution in [3.05, 3.63) is 39.8 Å². The molecule has 1 N–H and O–H groups in total. The van der Waals surface area contributed by atoms with Crippen LogP contribution in [0.2, 0.25) is 0 Å². The van der Waals surface area contributed by atoms with Crippen molar-refractivity contribution >= 4 is 33.2 Å². The van der Waals surface area contributed by atoms with Gasteiger partial charge in [0.2, 0.25) is 5.91 Å². The molecule has 0 radical (unpaired) electrons. The maximum absolute atomic E-state index is 11.9. The van der Waals surface area contributed by atoms with Crippen molar-refractivity contribution < 1.29 is 9.53 Å². The van der Waals surface area contributed by atoms with Crippen molar-refractivity contribution in [2.45, 2.75) is 19.4 Å². The van der Waals surface area contributed by atoms with Crippen LogP contribution in [-0.2, 0) is 16.0 Å². The highest BCUT2D eigenvalue weighted by Crippen LogP contribution is 2.26. The Balaban J connectivity index is 1.99. The summed E-state index contributed by atoms with van der Waals surface area (Å²) in [7, 11) is 1.62. The van der Waals surface area contributed by atoms with Gasteiger partial charge in [-0.05, 0) is 19.1 Å². The van der Waals surface area contributed by atoms with Crippen molar-refractivity contribution in [3.63, 3.8) is 0 Å². The van der Waals surface area contributed by atoms with E-state index in [2.05, 4.69) is 26.2 Å². The van der Waals surface area contributed by atoms with Crippen LogP contribution in [0.25, 0.3) is 10.6 Å². The lowest BCUT2D eigenvalue weighted by molar-refractivity contribution is -0.121. The zero-order valence-electron chi connectivity index (χ0n) is 11.9. The Bertz CT molecular complexity index is 615. The van der Waals surface area contributed by atoms with Crippen molar-refractivity contribution in [1.82, 2.24) is 10.3 Å². The van der Waals surface area contributed by atoms with E-state index in [9.17, 15) is 4.79 Å². The summed E-state index contributed by atoms with van der Waals surface area (Å²) >= 11 is 5.00. The number of nitrogens with one attached hydrogen (secondary N) is 1. The average molecular weight is 369 g/mol. The van der Waals surface area contributed by atoms with Crippen molar-refractivity contribution in [1.29, 1.82) is 0 Å². The molecule has 1 atom stereocenters. The van der Waals surface area contributed by atoms with Crippen LogP contribution in [0.15, 0.2) is 34.1 Å². The number of ether oxygens (including phenoxy) is 1. The summed E-state index contributed by atoms with van der Waals surface area (Å²) in [5.41, 5.74) is 1.84. The van der Waals surface area contributed by atoms with E-state index in [1.807, 2.05) is 36.6 Å². The topological polar surface area (TPSA) is 51.2 Å². The van der Waals surface area contributed by atoms with Crippen LogP contribution < -0.4 is 5.32 Å². The first kappa shape index (κ1) is 16.1. The highest BCUT2D eigenvalue weighted by molar-refractivity contribution is 9.10. The minimum atomic E-state index is -0.0364. The third-order valence-electron chi connectivity index (χ3n) is 2.79. The van der Waals surface area contributed by atoms with Crippen LogP contribution in [0.4, 0.5) is 0 Å². The Morgan fingerprint density at radius 3 is 3.05 bits per heavy atom. The van der Waals surface area contributed by atoms with Crippen LogP contribution in [0, 0.1) is 0 Å². The van der Waals surface area contributed by atoms with Gasteiger partial charge < -0.3 is 10.1 Å². The molecule has 112 valence electrons. The molecule has 1 aromatic heterocycles. The lowest BCUT2D eigenvalue weighted by atomic mass is 10.2. The molecule has 0 aliphatic rings. The number of amides is 1. The maximum atomic E-state index is 11.9. The molecule has 0 saturated carbocycles. The fourth-order valence-electron chi connectivity index (χ4n) is 1.92. The maximum Gasteiger partial charge on any atom is 0.226 e. The standard InChI is InChI=1S/C15H17BrN2O2S/c1-10(8-20-2)17-14(19)7-13-9-21-15(18-13)11-4-3-5-12(16)6-11/h3-6,9-10H,7-8H2,1-2H3,(H,17,19). The molecular weight excluding hydrogens is 352 g/mol. The lowest BCUT2D eigenvalue weighted by Crippen LogP contribution is -2.36. The number of carbonyl (C=O) groups is 1. The Kier molecular flexibility index (Phi) is 5.90. The highest BCUT2D eigenvalue weighted by atomic mass is 79.9. The summed E-state index contributed by atoms with van der Waals surface area (Å²) in [5.74, 6) is -0.0364. The number of methoxy groups -OCH3 is 1. The van der Waals surface area contributed by atoms with Gasteiger partial charge in [-0.2, -0.15) is 0 Å². The van der Waals surface area contributed by atoms with Gasteiger partial charge in [-0.1, -0.05) is 28.1 Å². The summed E-state index contributed by atoms with van der Waals surface area (Å²) in [4.78, 5) is 16.4. The largest absolute Gasteiger partial charge is 0.383 e. The molecule has 2 rings (SSSR count). The molecule has 0 saturated heterocycles. The minimum absolute atomic E-state index is 0.00526. The van der Waals surface area contributed by atoms with Crippen LogP contribution in [0.5, 0.6) is 0 Å². The zero-order chi connectivity index (χ0) is 15.2. The Hall–Kier alpha value is -1.24. The molecule has 0 fully saturated rings. The van der Waals surface area contributed by atoms with Crippen LogP contribution in [-0.4, -0.2) is 30.6 Å². The van der Waals surface area contributed by atoms with Gasteiger partial charge in [0.15, 0.2) is 0 Å². The van der Waals surface area contributed by atoms with E-state index < -0.39 is 0 Å². The number of aromatic nitrogens is 1. The number of hydrogen-bond acceptors (Lipinski definition) is 4. The van der Waals surface area contributed by atoms with Crippen LogP contribution in [0.1, 0.15) is 12.6 Å². The molecule has 2 aromatic rings. The molecule has 0 spiro atoms. The van der Waals surface area contributed by atoms with Gasteiger partial charge in [0.1, 0.15) is 5.01 Å². The number of nitrogens with zero attached hydrogens (tertiary/aromatic N) is 1. The van der Waals surface area contributed by atoms with Crippen LogP contribution >= 0.6 is 27.3 Å². The van der Waals surface area contributed by atoms with Gasteiger partial charge in [-0.15, -0.1) is 11.3 Å². The zero-order valence-corrected chi connectivity index (χ0v) is 14.3. The number of hydrogen-bond donors (Lipinski definition) is 1. The number of benzene rings is 1. The first-order chi connectivity index (χ1) is 10.1. The molecule has 1 aromatic carbocycles. The fraction of sp³-hybridized carbons (Fsp3) is 0.333. The second-order valence-corrected chi connectivity index (χ2v) is 6.53. The first-order valence-corrected chi connectivity index (χ1v) is 8.24. The van der Waals surface area contributed by atoms with Crippen molar-refractivity contribution in [2.24, 2.45) is 0 Å². The van der Waals surface area contributed by atoms with Gasteiger partial charge in [0.05, 0.1) is 18.7 Å². The van der Waals surface area contributed by atoms with Gasteiger partial charge in [-0.3, -0.25) is 4.79 Å². The molecule has 4 nitrogen and oxygen atoms in total. The molecule has 1 amide bonds. The first-order valence-electron chi connectivity index (χ1n) is 6.57. The molecule has 0 aliphatic carbocycles. The molecule has 0 bridgehead atoms. The molecule has 21 heavy (non-hydrogen) atoms. The van der Waals surface area contributed by atoms with Crippen molar-refractivity contribution in [3.8, 4) is 10.6 Å². The second kappa shape index (κ2) is 7.68. The van der Waals surface area contributed by atoms with E-state index in [4.69, 9.17) is 4.74 Å². The normalized spacial score (nSPS) is 12.1. The van der Waals surface area contributed by atoms with Gasteiger partial charge in [0, 0.05) is 28.6 Å². The quantitative estimate of drug-likeness (QED) is 0.850. The lowest BCUT2D eigenvalue weighted by Gasteiger charge is -2.11. The fourth-order valence-corrected chi connectivity index (χ4v) is 3.14. The minimum Gasteiger partial charge on any atom is -0.383 e. The highest BCUT2D eigenvalue weighted by Gasteiger charge is 2.11. The molecule has 1 unspecified atom stereocenters. The predicted octanol–water partition coefficient (Wildman–Crippen LogP) is 3.27. The number of halogens is 1. The van der Waals surface area contributed by atoms with Crippen LogP contribution in [0.3, 0.4) is 0 Å². The second-order valence-electron chi connectivity index (χ2n) is 4.76. The predicted molar refractivity (Wildman–Crippen MR) is 88.4 cm³/mol. The summed E-state index contributed by atoms with van der Waals surface area (Å²) in [5, 5.41) is 5.73. The third kappa shape index (κ3) is 4.91. The van der Waals surface area contributed by atoms with E-state index in [1.165, 1.54) is 0 Å². The van der Waals surface area contributed by atoms with E-state index in [0.717, 1.165) is 20.7 Å². The summed E-state index contributed by atoms with van der Waals surface area (Å²) in [6.45, 7) is 2.42. The molecule has 1 heterocycles. The van der Waals surface area contributed by atoms with E-state index in [0.29, 0.717) is 13.0 Å². The monoisotopic (exact) mass is 368 g/mol. The van der Waals surface area contributed by atoms with Gasteiger partial charge in [0.25, 0.3) is 0 Å². The Morgan fingerprint density at radius 1 is 1.52 bits per heavy atom. The summed E-state index contributed by atoms with van der Waals surface area (Å²) in [6, 6.07) is 7.98.